The first-order valence-corrected chi connectivity index (χ1v) is 9.50. The molecule has 1 aromatic rings. The quantitative estimate of drug-likeness (QED) is 0.807. The lowest BCUT2D eigenvalue weighted by Crippen LogP contribution is -2.51. The third-order valence-electron chi connectivity index (χ3n) is 5.02. The second-order valence-corrected chi connectivity index (χ2v) is 8.43. The van der Waals surface area contributed by atoms with E-state index < -0.39 is 17.5 Å². The molecule has 0 unspecified atom stereocenters. The maximum absolute atomic E-state index is 12.8. The molecule has 2 N–H and O–H groups in total. The lowest BCUT2D eigenvalue weighted by atomic mass is 9.77. The summed E-state index contributed by atoms with van der Waals surface area (Å²) in [6.45, 7) is 7.91. The summed E-state index contributed by atoms with van der Waals surface area (Å²) in [4.78, 5) is 42.4. The molecule has 0 bridgehead atoms. The molecular formula is C17H24N4O3S. The Morgan fingerprint density at radius 2 is 2.00 bits per heavy atom. The molecule has 4 amide bonds. The van der Waals surface area contributed by atoms with Crippen LogP contribution in [-0.2, 0) is 4.79 Å². The van der Waals surface area contributed by atoms with Gasteiger partial charge in [0.1, 0.15) is 10.4 Å². The molecule has 2 heterocycles. The second kappa shape index (κ2) is 6.40. The van der Waals surface area contributed by atoms with Gasteiger partial charge in [-0.2, -0.15) is 5.01 Å². The molecule has 1 saturated heterocycles. The summed E-state index contributed by atoms with van der Waals surface area (Å²) in [7, 11) is 0. The number of carbonyl (C=O) groups excluding carboxylic acids is 3. The topological polar surface area (TPSA) is 91.4 Å². The minimum absolute atomic E-state index is 0.217. The molecule has 3 rings (SSSR count). The number of nitrogens with zero attached hydrogens (tertiary/aromatic N) is 2. The first-order valence-electron chi connectivity index (χ1n) is 8.68. The Labute approximate surface area is 151 Å². The number of rotatable bonds is 3. The highest BCUT2D eigenvalue weighted by Crippen LogP contribution is 2.36. The lowest BCUT2D eigenvalue weighted by Gasteiger charge is -2.33. The fourth-order valence-electron chi connectivity index (χ4n) is 3.34. The van der Waals surface area contributed by atoms with Gasteiger partial charge in [-0.3, -0.25) is 15.0 Å². The van der Waals surface area contributed by atoms with Crippen LogP contribution in [0.25, 0.3) is 0 Å². The van der Waals surface area contributed by atoms with Crippen molar-refractivity contribution in [2.45, 2.75) is 64.8 Å². The normalized spacial score (nSPS) is 26.4. The number of amides is 4. The van der Waals surface area contributed by atoms with Crippen LogP contribution in [0.5, 0.6) is 0 Å². The van der Waals surface area contributed by atoms with Gasteiger partial charge in [0, 0.05) is 5.92 Å². The minimum atomic E-state index is -0.858. The van der Waals surface area contributed by atoms with Gasteiger partial charge in [-0.25, -0.2) is 9.78 Å². The fourth-order valence-corrected chi connectivity index (χ4v) is 4.30. The van der Waals surface area contributed by atoms with Crippen LogP contribution in [0.4, 0.5) is 4.79 Å². The number of nitrogens with one attached hydrogen (secondary N) is 2. The molecular weight excluding hydrogens is 340 g/mol. The van der Waals surface area contributed by atoms with Gasteiger partial charge in [0.15, 0.2) is 0 Å². The number of aryl methyl sites for hydroxylation is 1. The fraction of sp³-hybridized carbons (Fsp3) is 0.647. The standard InChI is InChI=1S/C17H24N4O3S/c1-9(2)14-18-11(4)12(25-14)13(22)20-21-15(23)17(19-16(21)24)7-5-10(3)6-8-17/h9-10H,5-8H2,1-4H3,(H,19,24)(H,20,22). The van der Waals surface area contributed by atoms with Crippen molar-refractivity contribution in [3.63, 3.8) is 0 Å². The van der Waals surface area contributed by atoms with Crippen molar-refractivity contribution in [2.24, 2.45) is 5.92 Å². The molecule has 8 heteroatoms. The third-order valence-corrected chi connectivity index (χ3v) is 6.47. The van der Waals surface area contributed by atoms with Gasteiger partial charge in [-0.15, -0.1) is 11.3 Å². The summed E-state index contributed by atoms with van der Waals surface area (Å²) in [5.41, 5.74) is 2.23. The van der Waals surface area contributed by atoms with Crippen LogP contribution in [0.15, 0.2) is 0 Å². The average Bonchev–Trinajstić information content (AvgIpc) is 3.05. The molecule has 7 nitrogen and oxygen atoms in total. The maximum atomic E-state index is 12.8. The zero-order valence-electron chi connectivity index (χ0n) is 15.0. The Hall–Kier alpha value is -1.96. The van der Waals surface area contributed by atoms with Crippen LogP contribution in [-0.4, -0.2) is 33.4 Å². The Balaban J connectivity index is 1.75. The van der Waals surface area contributed by atoms with Gasteiger partial charge >= 0.3 is 6.03 Å². The first kappa shape index (κ1) is 17.8. The van der Waals surface area contributed by atoms with Crippen LogP contribution in [0.3, 0.4) is 0 Å². The van der Waals surface area contributed by atoms with E-state index in [0.717, 1.165) is 22.9 Å². The molecule has 2 aliphatic rings. The van der Waals surface area contributed by atoms with Gasteiger partial charge < -0.3 is 5.32 Å². The average molecular weight is 364 g/mol. The van der Waals surface area contributed by atoms with Gasteiger partial charge in [0.25, 0.3) is 11.8 Å². The van der Waals surface area contributed by atoms with Gasteiger partial charge in [0.2, 0.25) is 0 Å². The van der Waals surface area contributed by atoms with Crippen LogP contribution in [0, 0.1) is 12.8 Å². The van der Waals surface area contributed by atoms with Gasteiger partial charge in [-0.1, -0.05) is 20.8 Å². The molecule has 0 aromatic carbocycles. The molecule has 1 aromatic heterocycles. The Kier molecular flexibility index (Phi) is 4.57. The maximum Gasteiger partial charge on any atom is 0.344 e. The number of aromatic nitrogens is 1. The van der Waals surface area contributed by atoms with Crippen LogP contribution in [0.2, 0.25) is 0 Å². The van der Waals surface area contributed by atoms with Crippen molar-refractivity contribution >= 4 is 29.2 Å². The lowest BCUT2D eigenvalue weighted by molar-refractivity contribution is -0.134. The number of hydrogen-bond acceptors (Lipinski definition) is 5. The largest absolute Gasteiger partial charge is 0.344 e. The van der Waals surface area contributed by atoms with Crippen LogP contribution >= 0.6 is 11.3 Å². The summed E-state index contributed by atoms with van der Waals surface area (Å²) in [6, 6.07) is -0.556. The van der Waals surface area contributed by atoms with E-state index in [4.69, 9.17) is 0 Å². The predicted molar refractivity (Wildman–Crippen MR) is 94.1 cm³/mol. The van der Waals surface area contributed by atoms with E-state index in [1.165, 1.54) is 11.3 Å². The Morgan fingerprint density at radius 3 is 2.56 bits per heavy atom. The van der Waals surface area contributed by atoms with Crippen molar-refractivity contribution in [1.29, 1.82) is 0 Å². The predicted octanol–water partition coefficient (Wildman–Crippen LogP) is 2.72. The molecule has 0 atom stereocenters. The van der Waals surface area contributed by atoms with Gasteiger partial charge in [-0.05, 0) is 38.5 Å². The third kappa shape index (κ3) is 3.15. The van der Waals surface area contributed by atoms with E-state index in [9.17, 15) is 14.4 Å². The summed E-state index contributed by atoms with van der Waals surface area (Å²) in [5, 5.41) is 4.49. The number of hydrogen-bond donors (Lipinski definition) is 2. The smallest absolute Gasteiger partial charge is 0.322 e. The molecule has 1 spiro atoms. The zero-order valence-corrected chi connectivity index (χ0v) is 15.8. The first-order chi connectivity index (χ1) is 11.7. The Bertz CT molecular complexity index is 719. The summed E-state index contributed by atoms with van der Waals surface area (Å²) in [5.74, 6) is -0.0571. The monoisotopic (exact) mass is 364 g/mol. The number of hydrazine groups is 1. The number of urea groups is 1. The molecule has 1 aliphatic heterocycles. The SMILES string of the molecule is Cc1nc(C(C)C)sc1C(=O)NN1C(=O)NC2(CCC(C)CC2)C1=O. The number of carbonyl (C=O) groups is 3. The Morgan fingerprint density at radius 1 is 1.36 bits per heavy atom. The molecule has 25 heavy (non-hydrogen) atoms. The summed E-state index contributed by atoms with van der Waals surface area (Å²) in [6.07, 6.45) is 3.00. The van der Waals surface area contributed by atoms with Crippen LogP contribution in [0.1, 0.15) is 72.7 Å². The number of imide groups is 1. The van der Waals surface area contributed by atoms with Crippen molar-refractivity contribution in [2.75, 3.05) is 0 Å². The van der Waals surface area contributed by atoms with Crippen molar-refractivity contribution in [3.8, 4) is 0 Å². The van der Waals surface area contributed by atoms with Crippen molar-refractivity contribution < 1.29 is 14.4 Å². The van der Waals surface area contributed by atoms with E-state index in [1.807, 2.05) is 13.8 Å². The molecule has 136 valence electrons. The van der Waals surface area contributed by atoms with Crippen molar-refractivity contribution in [1.82, 2.24) is 20.7 Å². The molecule has 0 radical (unpaired) electrons. The van der Waals surface area contributed by atoms with E-state index >= 15 is 0 Å². The molecule has 1 saturated carbocycles. The minimum Gasteiger partial charge on any atom is -0.322 e. The molecule has 2 fully saturated rings. The van der Waals surface area contributed by atoms with Crippen LogP contribution < -0.4 is 10.7 Å². The highest BCUT2D eigenvalue weighted by Gasteiger charge is 2.53. The van der Waals surface area contributed by atoms with E-state index in [2.05, 4.69) is 22.7 Å². The van der Waals surface area contributed by atoms with Gasteiger partial charge in [0.05, 0.1) is 10.7 Å². The zero-order chi connectivity index (χ0) is 18.4. The van der Waals surface area contributed by atoms with E-state index in [0.29, 0.717) is 29.3 Å². The summed E-state index contributed by atoms with van der Waals surface area (Å²) < 4.78 is 0. The van der Waals surface area contributed by atoms with E-state index in [-0.39, 0.29) is 11.8 Å². The second-order valence-electron chi connectivity index (χ2n) is 7.40. The summed E-state index contributed by atoms with van der Waals surface area (Å²) >= 11 is 1.30. The van der Waals surface area contributed by atoms with Crippen molar-refractivity contribution in [3.05, 3.63) is 15.6 Å². The molecule has 1 aliphatic carbocycles. The number of thiazole rings is 1. The highest BCUT2D eigenvalue weighted by molar-refractivity contribution is 7.13. The van der Waals surface area contributed by atoms with E-state index in [1.54, 1.807) is 6.92 Å². The highest BCUT2D eigenvalue weighted by atomic mass is 32.1.